The fourth-order valence-corrected chi connectivity index (χ4v) is 1.80. The van der Waals surface area contributed by atoms with Gasteiger partial charge in [-0.3, -0.25) is 9.59 Å². The topological polar surface area (TPSA) is 63.2 Å². The summed E-state index contributed by atoms with van der Waals surface area (Å²) in [7, 11) is 0. The molecule has 0 saturated carbocycles. The van der Waals surface area contributed by atoms with E-state index in [0.29, 0.717) is 17.5 Å². The van der Waals surface area contributed by atoms with Crippen molar-refractivity contribution in [2.24, 2.45) is 5.41 Å². The second kappa shape index (κ2) is 3.56. The van der Waals surface area contributed by atoms with Gasteiger partial charge < -0.3 is 10.1 Å². The highest BCUT2D eigenvalue weighted by Gasteiger charge is 2.45. The van der Waals surface area contributed by atoms with Gasteiger partial charge in [-0.15, -0.1) is 0 Å². The lowest BCUT2D eigenvalue weighted by Crippen LogP contribution is -2.45. The number of Topliss-reactive ketones (excluding diaryl/α,β-unsaturated/α-hetero) is 1. The van der Waals surface area contributed by atoms with Crippen molar-refractivity contribution in [3.63, 3.8) is 0 Å². The van der Waals surface area contributed by atoms with Crippen molar-refractivity contribution >= 4 is 23.7 Å². The summed E-state index contributed by atoms with van der Waals surface area (Å²) in [5, 5.41) is 2.65. The van der Waals surface area contributed by atoms with E-state index in [0.717, 1.165) is 0 Å². The lowest BCUT2D eigenvalue weighted by Gasteiger charge is -2.30. The van der Waals surface area contributed by atoms with Gasteiger partial charge in [0, 0.05) is 12.0 Å². The van der Waals surface area contributed by atoms with E-state index in [1.54, 1.807) is 24.3 Å². The molecule has 1 N–H and O–H groups in total. The van der Waals surface area contributed by atoms with Gasteiger partial charge in [-0.2, -0.15) is 0 Å². The predicted octanol–water partition coefficient (Wildman–Crippen LogP) is 1.42. The number of hydrogen-bond acceptors (Lipinski definition) is 3. The monoisotopic (exact) mass is 217 g/mol. The molecule has 0 aliphatic carbocycles. The molecule has 0 bridgehead atoms. The van der Waals surface area contributed by atoms with Gasteiger partial charge in [-0.25, -0.2) is 0 Å². The normalized spacial score (nSPS) is 23.6. The van der Waals surface area contributed by atoms with E-state index >= 15 is 0 Å². The number of para-hydroxylation sites is 1. The molecule has 82 valence electrons. The average molecular weight is 217 g/mol. The first-order valence-electron chi connectivity index (χ1n) is 4.98. The molecular formula is C12H11NO3. The van der Waals surface area contributed by atoms with E-state index in [9.17, 15) is 14.4 Å². The lowest BCUT2D eigenvalue weighted by molar-refractivity contribution is -0.125. The van der Waals surface area contributed by atoms with Crippen molar-refractivity contribution < 1.29 is 14.4 Å². The third kappa shape index (κ3) is 1.34. The summed E-state index contributed by atoms with van der Waals surface area (Å²) in [6, 6.07) is 6.80. The first-order valence-corrected chi connectivity index (χ1v) is 4.98. The highest BCUT2D eigenvalue weighted by Crippen LogP contribution is 2.35. The Bertz CT molecular complexity index is 481. The molecule has 1 aliphatic heterocycles. The Labute approximate surface area is 92.6 Å². The van der Waals surface area contributed by atoms with Gasteiger partial charge >= 0.3 is 0 Å². The maximum Gasteiger partial charge on any atom is 0.238 e. The van der Waals surface area contributed by atoms with Crippen LogP contribution in [0.15, 0.2) is 24.3 Å². The zero-order chi connectivity index (χ0) is 11.8. The Morgan fingerprint density at radius 3 is 2.69 bits per heavy atom. The maximum atomic E-state index is 12.1. The Kier molecular flexibility index (Phi) is 2.34. The predicted molar refractivity (Wildman–Crippen MR) is 58.2 cm³/mol. The SMILES string of the molecule is CC1(CC=O)C(=O)Nc2ccccc2C1=O. The number of ketones is 1. The van der Waals surface area contributed by atoms with Crippen LogP contribution in [0.2, 0.25) is 0 Å². The fourth-order valence-electron chi connectivity index (χ4n) is 1.80. The van der Waals surface area contributed by atoms with Crippen LogP contribution in [0.4, 0.5) is 5.69 Å². The van der Waals surface area contributed by atoms with Crippen molar-refractivity contribution in [2.75, 3.05) is 5.32 Å². The number of fused-ring (bicyclic) bond motifs is 1. The summed E-state index contributed by atoms with van der Waals surface area (Å²) in [5.74, 6) is -0.706. The van der Waals surface area contributed by atoms with Gasteiger partial charge in [0.15, 0.2) is 5.78 Å². The van der Waals surface area contributed by atoms with Gasteiger partial charge in [0.25, 0.3) is 0 Å². The van der Waals surface area contributed by atoms with E-state index in [4.69, 9.17) is 0 Å². The summed E-state index contributed by atoms with van der Waals surface area (Å²) in [6.45, 7) is 1.50. The molecule has 1 amide bonds. The van der Waals surface area contributed by atoms with Crippen molar-refractivity contribution in [2.45, 2.75) is 13.3 Å². The van der Waals surface area contributed by atoms with E-state index in [-0.39, 0.29) is 12.2 Å². The summed E-state index contributed by atoms with van der Waals surface area (Å²) >= 11 is 0. The minimum Gasteiger partial charge on any atom is -0.325 e. The van der Waals surface area contributed by atoms with Crippen LogP contribution in [0.5, 0.6) is 0 Å². The number of anilines is 1. The molecule has 1 atom stereocenters. The van der Waals surface area contributed by atoms with Gasteiger partial charge in [0.05, 0.1) is 5.69 Å². The summed E-state index contributed by atoms with van der Waals surface area (Å²) in [4.78, 5) is 34.5. The first-order chi connectivity index (χ1) is 7.59. The summed E-state index contributed by atoms with van der Waals surface area (Å²) in [5.41, 5.74) is -0.289. The molecule has 1 aromatic carbocycles. The highest BCUT2D eigenvalue weighted by molar-refractivity contribution is 6.24. The molecular weight excluding hydrogens is 206 g/mol. The van der Waals surface area contributed by atoms with Gasteiger partial charge in [0.1, 0.15) is 11.7 Å². The zero-order valence-corrected chi connectivity index (χ0v) is 8.82. The molecule has 0 spiro atoms. The number of hydrogen-bond donors (Lipinski definition) is 1. The first kappa shape index (κ1) is 10.5. The number of carbonyl (C=O) groups excluding carboxylic acids is 3. The summed E-state index contributed by atoms with van der Waals surface area (Å²) < 4.78 is 0. The van der Waals surface area contributed by atoms with Gasteiger partial charge in [-0.1, -0.05) is 12.1 Å². The minimum atomic E-state index is -1.27. The quantitative estimate of drug-likeness (QED) is 0.601. The highest BCUT2D eigenvalue weighted by atomic mass is 16.2. The van der Waals surface area contributed by atoms with Crippen molar-refractivity contribution in [1.29, 1.82) is 0 Å². The molecule has 0 fully saturated rings. The molecule has 1 aliphatic rings. The number of carbonyl (C=O) groups is 3. The second-order valence-electron chi connectivity index (χ2n) is 4.03. The largest absolute Gasteiger partial charge is 0.325 e. The smallest absolute Gasteiger partial charge is 0.238 e. The maximum absolute atomic E-state index is 12.1. The van der Waals surface area contributed by atoms with Crippen LogP contribution in [-0.4, -0.2) is 18.0 Å². The Morgan fingerprint density at radius 2 is 2.00 bits per heavy atom. The van der Waals surface area contributed by atoms with E-state index in [1.807, 2.05) is 0 Å². The van der Waals surface area contributed by atoms with Crippen molar-refractivity contribution in [1.82, 2.24) is 0 Å². The molecule has 2 rings (SSSR count). The van der Waals surface area contributed by atoms with Crippen LogP contribution in [-0.2, 0) is 9.59 Å². The third-order valence-corrected chi connectivity index (χ3v) is 2.91. The number of amides is 1. The molecule has 1 unspecified atom stereocenters. The number of aldehydes is 1. The molecule has 0 saturated heterocycles. The molecule has 16 heavy (non-hydrogen) atoms. The Balaban J connectivity index is 2.53. The number of nitrogens with one attached hydrogen (secondary N) is 1. The van der Waals surface area contributed by atoms with E-state index in [1.165, 1.54) is 6.92 Å². The molecule has 4 nitrogen and oxygen atoms in total. The fraction of sp³-hybridized carbons (Fsp3) is 0.250. The Hall–Kier alpha value is -1.97. The third-order valence-electron chi connectivity index (χ3n) is 2.91. The van der Waals surface area contributed by atoms with Crippen molar-refractivity contribution in [3.05, 3.63) is 29.8 Å². The Morgan fingerprint density at radius 1 is 1.31 bits per heavy atom. The van der Waals surface area contributed by atoms with Crippen LogP contribution < -0.4 is 5.32 Å². The summed E-state index contributed by atoms with van der Waals surface area (Å²) in [6.07, 6.45) is 0.511. The van der Waals surface area contributed by atoms with Crippen molar-refractivity contribution in [3.8, 4) is 0 Å². The molecule has 1 heterocycles. The number of benzene rings is 1. The van der Waals surface area contributed by atoms with Gasteiger partial charge in [-0.05, 0) is 19.1 Å². The standard InChI is InChI=1S/C12H11NO3/c1-12(6-7-14)10(15)8-4-2-3-5-9(8)13-11(12)16/h2-5,7H,6H2,1H3,(H,13,16). The zero-order valence-electron chi connectivity index (χ0n) is 8.82. The van der Waals surface area contributed by atoms with Gasteiger partial charge in [0.2, 0.25) is 5.91 Å². The van der Waals surface area contributed by atoms with E-state index < -0.39 is 11.3 Å². The molecule has 4 heteroatoms. The van der Waals surface area contributed by atoms with Crippen LogP contribution in [0.25, 0.3) is 0 Å². The van der Waals surface area contributed by atoms with Crippen LogP contribution in [0, 0.1) is 5.41 Å². The van der Waals surface area contributed by atoms with E-state index in [2.05, 4.69) is 5.32 Å². The lowest BCUT2D eigenvalue weighted by atomic mass is 9.76. The molecule has 1 aromatic rings. The van der Waals surface area contributed by atoms with Crippen LogP contribution >= 0.6 is 0 Å². The van der Waals surface area contributed by atoms with Crippen LogP contribution in [0.3, 0.4) is 0 Å². The minimum absolute atomic E-state index is 0.0913. The second-order valence-corrected chi connectivity index (χ2v) is 4.03. The van der Waals surface area contributed by atoms with Crippen LogP contribution in [0.1, 0.15) is 23.7 Å². The molecule has 0 aromatic heterocycles. The number of rotatable bonds is 2. The molecule has 0 radical (unpaired) electrons. The average Bonchev–Trinajstić information content (AvgIpc) is 2.27.